The van der Waals surface area contributed by atoms with Crippen molar-refractivity contribution in [2.75, 3.05) is 52.4 Å². The van der Waals surface area contributed by atoms with Crippen LogP contribution in [-0.2, 0) is 37.3 Å². The smallest absolute Gasteiger partial charge is 0.281 e. The molecule has 2 aromatic heterocycles. The number of rotatable bonds is 11. The van der Waals surface area contributed by atoms with Gasteiger partial charge in [0.1, 0.15) is 5.00 Å². The minimum Gasteiger partial charge on any atom is -0.383 e. The third-order valence-electron chi connectivity index (χ3n) is 6.99. The molecule has 226 valence electrons. The van der Waals surface area contributed by atoms with Gasteiger partial charge in [-0.15, -0.1) is 11.3 Å². The number of nitrogens with one attached hydrogen (secondary N) is 1. The molecular weight excluding hydrogens is 582 g/mol. The van der Waals surface area contributed by atoms with Gasteiger partial charge in [-0.25, -0.2) is 13.1 Å². The van der Waals surface area contributed by atoms with Crippen molar-refractivity contribution in [2.24, 2.45) is 0 Å². The summed E-state index contributed by atoms with van der Waals surface area (Å²) in [5.41, 5.74) is 2.72. The number of nitrogens with zero attached hydrogens (tertiary/aromatic N) is 4. The van der Waals surface area contributed by atoms with Crippen LogP contribution in [-0.4, -0.2) is 92.2 Å². The first kappa shape index (κ1) is 31.5. The zero-order valence-electron chi connectivity index (χ0n) is 24.3. The molecule has 0 bridgehead atoms. The van der Waals surface area contributed by atoms with Gasteiger partial charge in [0.05, 0.1) is 35.9 Å². The molecule has 0 aliphatic carbocycles. The molecule has 1 aliphatic heterocycles. The van der Waals surface area contributed by atoms with Crippen molar-refractivity contribution >= 4 is 44.1 Å². The van der Waals surface area contributed by atoms with E-state index in [4.69, 9.17) is 9.47 Å². The Labute approximate surface area is 249 Å². The molecule has 4 rings (SSSR count). The maximum Gasteiger partial charge on any atom is 0.281 e. The summed E-state index contributed by atoms with van der Waals surface area (Å²) in [7, 11) is -0.867. The molecule has 42 heavy (non-hydrogen) atoms. The fourth-order valence-electron chi connectivity index (χ4n) is 4.77. The molecule has 0 spiro atoms. The van der Waals surface area contributed by atoms with E-state index < -0.39 is 15.9 Å². The first-order valence-corrected chi connectivity index (χ1v) is 15.6. The minimum absolute atomic E-state index is 0.0301. The van der Waals surface area contributed by atoms with Gasteiger partial charge in [0.2, 0.25) is 15.9 Å². The van der Waals surface area contributed by atoms with E-state index in [9.17, 15) is 22.8 Å². The Kier molecular flexibility index (Phi) is 9.94. The van der Waals surface area contributed by atoms with Crippen LogP contribution < -0.4 is 5.32 Å². The molecule has 2 amide bonds. The van der Waals surface area contributed by atoms with E-state index in [0.717, 1.165) is 10.4 Å². The van der Waals surface area contributed by atoms with Gasteiger partial charge >= 0.3 is 0 Å². The molecule has 0 radical (unpaired) electrons. The zero-order chi connectivity index (χ0) is 30.6. The second kappa shape index (κ2) is 13.3. The molecule has 0 fully saturated rings. The number of aromatic nitrogens is 2. The predicted octanol–water partition coefficient (Wildman–Crippen LogP) is 2.69. The lowest BCUT2D eigenvalue weighted by Crippen LogP contribution is -2.36. The highest BCUT2D eigenvalue weighted by molar-refractivity contribution is 7.89. The molecule has 0 unspecified atom stereocenters. The third-order valence-corrected chi connectivity index (χ3v) is 10.0. The fourth-order valence-corrected chi connectivity index (χ4v) is 7.43. The molecule has 1 aliphatic rings. The van der Waals surface area contributed by atoms with Crippen molar-refractivity contribution < 1.29 is 32.3 Å². The summed E-state index contributed by atoms with van der Waals surface area (Å²) in [6.07, 6.45) is 0.469. The van der Waals surface area contributed by atoms with Crippen LogP contribution in [0.4, 0.5) is 5.00 Å². The molecule has 3 heterocycles. The van der Waals surface area contributed by atoms with Crippen molar-refractivity contribution in [3.63, 3.8) is 0 Å². The van der Waals surface area contributed by atoms with Gasteiger partial charge in [0.15, 0.2) is 0 Å². The Hall–Kier alpha value is -3.43. The number of anilines is 1. The number of sulfonamides is 1. The summed E-state index contributed by atoms with van der Waals surface area (Å²) in [6.45, 7) is 6.64. The average Bonchev–Trinajstić information content (AvgIpc) is 3.50. The summed E-state index contributed by atoms with van der Waals surface area (Å²) in [5.74, 6) is -0.929. The van der Waals surface area contributed by atoms with Gasteiger partial charge in [0, 0.05) is 56.9 Å². The maximum atomic E-state index is 13.7. The van der Waals surface area contributed by atoms with Crippen LogP contribution in [0, 0.1) is 13.8 Å². The van der Waals surface area contributed by atoms with E-state index in [1.54, 1.807) is 24.8 Å². The molecular formula is C28H35N5O7S2. The Bertz CT molecular complexity index is 1570. The molecule has 0 atom stereocenters. The van der Waals surface area contributed by atoms with Crippen LogP contribution in [0.25, 0.3) is 0 Å². The highest BCUT2D eigenvalue weighted by Crippen LogP contribution is 2.38. The summed E-state index contributed by atoms with van der Waals surface area (Å²) < 4.78 is 39.2. The van der Waals surface area contributed by atoms with Gasteiger partial charge in [-0.1, -0.05) is 0 Å². The number of hydrogen-bond donors (Lipinski definition) is 1. The van der Waals surface area contributed by atoms with Gasteiger partial charge in [0.25, 0.3) is 11.8 Å². The van der Waals surface area contributed by atoms with E-state index in [2.05, 4.69) is 10.4 Å². The van der Waals surface area contributed by atoms with Crippen molar-refractivity contribution in [1.82, 2.24) is 19.0 Å². The monoisotopic (exact) mass is 617 g/mol. The first-order valence-electron chi connectivity index (χ1n) is 13.3. The number of thiophene rings is 1. The molecule has 14 heteroatoms. The zero-order valence-corrected chi connectivity index (χ0v) is 25.9. The lowest BCUT2D eigenvalue weighted by atomic mass is 10.0. The molecule has 1 N–H and O–H groups in total. The molecule has 0 saturated carbocycles. The quantitative estimate of drug-likeness (QED) is 0.347. The lowest BCUT2D eigenvalue weighted by molar-refractivity contribution is -0.129. The van der Waals surface area contributed by atoms with Crippen LogP contribution in [0.15, 0.2) is 35.2 Å². The number of amides is 2. The standard InChI is InChI=1S/C28H35N5O7S2/c1-18-16-19(2)33(30-18)28(36)25-23-10-11-31(20(3)34)17-24(23)41-27(25)29-26(35)21-6-8-22(9-7-21)42(37,38)32(12-14-39-4)13-15-40-5/h6-9,16H,10-15,17H2,1-5H3,(H,29,35). The van der Waals surface area contributed by atoms with Crippen molar-refractivity contribution in [2.45, 2.75) is 38.6 Å². The van der Waals surface area contributed by atoms with Crippen LogP contribution in [0.1, 0.15) is 49.5 Å². The Morgan fingerprint density at radius 2 is 1.71 bits per heavy atom. The summed E-state index contributed by atoms with van der Waals surface area (Å²) in [4.78, 5) is 41.7. The summed E-state index contributed by atoms with van der Waals surface area (Å²) in [6, 6.07) is 7.42. The molecule has 12 nitrogen and oxygen atoms in total. The number of fused-ring (bicyclic) bond motifs is 1. The van der Waals surface area contributed by atoms with Gasteiger partial charge < -0.3 is 19.7 Å². The van der Waals surface area contributed by atoms with Crippen LogP contribution in [0.2, 0.25) is 0 Å². The largest absolute Gasteiger partial charge is 0.383 e. The Morgan fingerprint density at radius 3 is 2.26 bits per heavy atom. The Balaban J connectivity index is 1.63. The highest BCUT2D eigenvalue weighted by Gasteiger charge is 2.31. The predicted molar refractivity (Wildman–Crippen MR) is 157 cm³/mol. The topological polar surface area (TPSA) is 140 Å². The normalized spacial score (nSPS) is 13.3. The van der Waals surface area contributed by atoms with E-state index in [-0.39, 0.29) is 48.6 Å². The third kappa shape index (κ3) is 6.63. The first-order chi connectivity index (χ1) is 20.0. The fraction of sp³-hybridized carbons (Fsp3) is 0.429. The van der Waals surface area contributed by atoms with E-state index in [0.29, 0.717) is 41.5 Å². The molecule has 1 aromatic carbocycles. The number of carbonyl (C=O) groups excluding carboxylic acids is 3. The number of hydrogen-bond acceptors (Lipinski definition) is 9. The van der Waals surface area contributed by atoms with E-state index >= 15 is 0 Å². The summed E-state index contributed by atoms with van der Waals surface area (Å²) >= 11 is 1.25. The van der Waals surface area contributed by atoms with E-state index in [1.807, 2.05) is 0 Å². The van der Waals surface area contributed by atoms with Crippen LogP contribution in [0.5, 0.6) is 0 Å². The van der Waals surface area contributed by atoms with Gasteiger partial charge in [-0.2, -0.15) is 9.40 Å². The number of aryl methyl sites for hydroxylation is 2. The maximum absolute atomic E-state index is 13.7. The number of ether oxygens (including phenoxy) is 2. The van der Waals surface area contributed by atoms with Crippen molar-refractivity contribution in [3.05, 3.63) is 63.3 Å². The van der Waals surface area contributed by atoms with Gasteiger partial charge in [-0.05, 0) is 56.2 Å². The average molecular weight is 618 g/mol. The lowest BCUT2D eigenvalue weighted by Gasteiger charge is -2.26. The SMILES string of the molecule is COCCN(CCOC)S(=O)(=O)c1ccc(C(=O)Nc2sc3c(c2C(=O)n2nc(C)cc2C)CCN(C(C)=O)C3)cc1. The Morgan fingerprint density at radius 1 is 1.07 bits per heavy atom. The van der Waals surface area contributed by atoms with Crippen LogP contribution in [0.3, 0.4) is 0 Å². The minimum atomic E-state index is -3.85. The van der Waals surface area contributed by atoms with Crippen molar-refractivity contribution in [3.8, 4) is 0 Å². The number of benzene rings is 1. The second-order valence-corrected chi connectivity index (χ2v) is 13.0. The van der Waals surface area contributed by atoms with Crippen molar-refractivity contribution in [1.29, 1.82) is 0 Å². The molecule has 3 aromatic rings. The molecule has 0 saturated heterocycles. The summed E-state index contributed by atoms with van der Waals surface area (Å²) in [5, 5.41) is 7.56. The number of methoxy groups -OCH3 is 2. The van der Waals surface area contributed by atoms with Crippen LogP contribution >= 0.6 is 11.3 Å². The van der Waals surface area contributed by atoms with Gasteiger partial charge in [-0.3, -0.25) is 14.4 Å². The second-order valence-electron chi connectivity index (χ2n) is 9.91. The van der Waals surface area contributed by atoms with E-state index in [1.165, 1.54) is 65.7 Å². The highest BCUT2D eigenvalue weighted by atomic mass is 32.2. The number of carbonyl (C=O) groups is 3.